The van der Waals surface area contributed by atoms with Gasteiger partial charge in [-0.25, -0.2) is 19.6 Å². The molecule has 1 aromatic heterocycles. The van der Waals surface area contributed by atoms with E-state index in [1.165, 1.54) is 6.33 Å². The van der Waals surface area contributed by atoms with Crippen LogP contribution in [0.1, 0.15) is 27.2 Å². The van der Waals surface area contributed by atoms with E-state index < -0.39 is 11.9 Å². The van der Waals surface area contributed by atoms with Gasteiger partial charge in [-0.15, -0.1) is 0 Å². The molecule has 0 fully saturated rings. The van der Waals surface area contributed by atoms with Gasteiger partial charge in [0.1, 0.15) is 12.1 Å². The van der Waals surface area contributed by atoms with Gasteiger partial charge in [0, 0.05) is 23.2 Å². The first kappa shape index (κ1) is 22.8. The van der Waals surface area contributed by atoms with Crippen LogP contribution in [0.4, 0.5) is 11.5 Å². The summed E-state index contributed by atoms with van der Waals surface area (Å²) in [4.78, 5) is 44.5. The van der Waals surface area contributed by atoms with Crippen molar-refractivity contribution < 1.29 is 23.9 Å². The summed E-state index contributed by atoms with van der Waals surface area (Å²) < 4.78 is 9.19. The fraction of sp³-hybridized carbons (Fsp3) is 0.381. The lowest BCUT2D eigenvalue weighted by Gasteiger charge is -2.18. The van der Waals surface area contributed by atoms with Crippen molar-refractivity contribution in [3.05, 3.63) is 36.3 Å². The summed E-state index contributed by atoms with van der Waals surface area (Å²) >= 11 is 0. The number of hydrogen-bond acceptors (Lipinski definition) is 8. The molecule has 0 aliphatic carbocycles. The molecule has 0 saturated heterocycles. The maximum Gasteiger partial charge on any atom is 0.346 e. The fourth-order valence-electron chi connectivity index (χ4n) is 2.68. The Morgan fingerprint density at radius 3 is 2.37 bits per heavy atom. The van der Waals surface area contributed by atoms with Crippen molar-refractivity contribution in [1.82, 2.24) is 9.97 Å². The highest BCUT2D eigenvalue weighted by Gasteiger charge is 2.21. The number of ether oxygens (including phenoxy) is 2. The van der Waals surface area contributed by atoms with Crippen molar-refractivity contribution in [1.29, 1.82) is 0 Å². The molecule has 30 heavy (non-hydrogen) atoms. The van der Waals surface area contributed by atoms with E-state index in [0.29, 0.717) is 22.4 Å². The molecule has 2 N–H and O–H groups in total. The van der Waals surface area contributed by atoms with Crippen LogP contribution in [0.3, 0.4) is 0 Å². The number of aromatic nitrogens is 2. The van der Waals surface area contributed by atoms with Crippen molar-refractivity contribution in [3.63, 3.8) is 0 Å². The Balaban J connectivity index is 2.34. The third-order valence-electron chi connectivity index (χ3n) is 4.98. The normalized spacial score (nSPS) is 12.4. The number of benzene rings is 1. The highest BCUT2D eigenvalue weighted by atomic mass is 16.5. The molecular weight excluding hydrogens is 388 g/mol. The van der Waals surface area contributed by atoms with E-state index in [2.05, 4.69) is 30.1 Å². The fourth-order valence-corrected chi connectivity index (χ4v) is 2.68. The van der Waals surface area contributed by atoms with Gasteiger partial charge in [0.15, 0.2) is 5.57 Å². The van der Waals surface area contributed by atoms with Crippen molar-refractivity contribution in [2.75, 3.05) is 24.9 Å². The van der Waals surface area contributed by atoms with Crippen LogP contribution < -0.4 is 10.6 Å². The Labute approximate surface area is 174 Å². The van der Waals surface area contributed by atoms with Crippen LogP contribution in [0.2, 0.25) is 0 Å². The lowest BCUT2D eigenvalue weighted by Crippen LogP contribution is -2.25. The number of anilines is 2. The smallest absolute Gasteiger partial charge is 0.346 e. The maximum atomic E-state index is 12.5. The first-order valence-corrected chi connectivity index (χ1v) is 9.51. The van der Waals surface area contributed by atoms with E-state index in [-0.39, 0.29) is 23.3 Å². The molecule has 0 radical (unpaired) electrons. The van der Waals surface area contributed by atoms with Crippen molar-refractivity contribution in [3.8, 4) is 0 Å². The number of rotatable bonds is 8. The number of methoxy groups -OCH3 is 2. The first-order valence-electron chi connectivity index (χ1n) is 9.51. The second-order valence-corrected chi connectivity index (χ2v) is 6.80. The summed E-state index contributed by atoms with van der Waals surface area (Å²) in [6.07, 6.45) is 3.41. The molecule has 0 spiro atoms. The molecule has 9 nitrogen and oxygen atoms in total. The molecule has 160 valence electrons. The molecule has 1 aromatic carbocycles. The van der Waals surface area contributed by atoms with Crippen molar-refractivity contribution in [2.24, 2.45) is 11.8 Å². The topological polar surface area (TPSA) is 120 Å². The molecule has 2 atom stereocenters. The van der Waals surface area contributed by atoms with Gasteiger partial charge in [-0.1, -0.05) is 27.2 Å². The zero-order valence-electron chi connectivity index (χ0n) is 17.7. The third kappa shape index (κ3) is 5.31. The van der Waals surface area contributed by atoms with E-state index in [1.54, 1.807) is 18.2 Å². The summed E-state index contributed by atoms with van der Waals surface area (Å²) in [6.45, 7) is 5.98. The Kier molecular flexibility index (Phi) is 7.85. The van der Waals surface area contributed by atoms with Gasteiger partial charge < -0.3 is 20.1 Å². The lowest BCUT2D eigenvalue weighted by atomic mass is 9.93. The van der Waals surface area contributed by atoms with Crippen molar-refractivity contribution in [2.45, 2.75) is 27.2 Å². The number of esters is 2. The van der Waals surface area contributed by atoms with E-state index in [9.17, 15) is 14.4 Å². The van der Waals surface area contributed by atoms with Crippen LogP contribution in [0.15, 0.2) is 36.3 Å². The minimum Gasteiger partial charge on any atom is -0.465 e. The summed E-state index contributed by atoms with van der Waals surface area (Å²) in [5.74, 6) is -1.31. The van der Waals surface area contributed by atoms with Gasteiger partial charge in [0.2, 0.25) is 5.91 Å². The SMILES string of the molecule is CCC(C)C(C)C(=O)Nc1ccc2ncnc(NC=C(C(=O)OC)C(=O)OC)c2c1. The molecule has 2 rings (SSSR count). The number of fused-ring (bicyclic) bond motifs is 1. The number of carbonyl (C=O) groups is 3. The van der Waals surface area contributed by atoms with Gasteiger partial charge in [-0.2, -0.15) is 0 Å². The molecule has 0 saturated carbocycles. The van der Waals surface area contributed by atoms with Gasteiger partial charge in [0.25, 0.3) is 0 Å². The van der Waals surface area contributed by atoms with E-state index in [4.69, 9.17) is 0 Å². The van der Waals surface area contributed by atoms with Gasteiger partial charge in [-0.3, -0.25) is 4.79 Å². The highest BCUT2D eigenvalue weighted by molar-refractivity contribution is 6.14. The molecule has 1 amide bonds. The molecule has 1 heterocycles. The molecule has 2 aromatic rings. The molecule has 0 aliphatic heterocycles. The zero-order valence-corrected chi connectivity index (χ0v) is 17.7. The van der Waals surface area contributed by atoms with Crippen LogP contribution in [0.5, 0.6) is 0 Å². The molecule has 0 aliphatic rings. The average molecular weight is 414 g/mol. The third-order valence-corrected chi connectivity index (χ3v) is 4.98. The zero-order chi connectivity index (χ0) is 22.3. The molecule has 2 unspecified atom stereocenters. The minimum absolute atomic E-state index is 0.0753. The van der Waals surface area contributed by atoms with E-state index >= 15 is 0 Å². The summed E-state index contributed by atoms with van der Waals surface area (Å²) in [7, 11) is 2.32. The monoisotopic (exact) mass is 414 g/mol. The molecule has 9 heteroatoms. The maximum absolute atomic E-state index is 12.5. The number of hydrogen-bond donors (Lipinski definition) is 2. The van der Waals surface area contributed by atoms with Crippen LogP contribution in [0.25, 0.3) is 10.9 Å². The van der Waals surface area contributed by atoms with E-state index in [0.717, 1.165) is 26.8 Å². The number of nitrogens with zero attached hydrogens (tertiary/aromatic N) is 2. The lowest BCUT2D eigenvalue weighted by molar-refractivity contribution is -0.144. The molecular formula is C21H26N4O5. The predicted octanol–water partition coefficient (Wildman–Crippen LogP) is 2.89. The summed E-state index contributed by atoms with van der Waals surface area (Å²) in [6, 6.07) is 5.23. The van der Waals surface area contributed by atoms with Gasteiger partial charge in [0.05, 0.1) is 19.7 Å². The average Bonchev–Trinajstić information content (AvgIpc) is 2.77. The Morgan fingerprint density at radius 1 is 1.10 bits per heavy atom. The standard InChI is InChI=1S/C21H26N4O5/c1-6-12(2)13(3)19(26)25-14-7-8-17-15(9-14)18(24-11-23-17)22-10-16(20(27)29-4)21(28)30-5/h7-13H,6H2,1-5H3,(H,25,26)(H,22,23,24). The van der Waals surface area contributed by atoms with Crippen molar-refractivity contribution >= 4 is 40.3 Å². The van der Waals surface area contributed by atoms with Gasteiger partial charge >= 0.3 is 11.9 Å². The minimum atomic E-state index is -0.848. The predicted molar refractivity (Wildman–Crippen MR) is 113 cm³/mol. The van der Waals surface area contributed by atoms with Crippen LogP contribution in [0, 0.1) is 11.8 Å². The second-order valence-electron chi connectivity index (χ2n) is 6.80. The number of carbonyl (C=O) groups excluding carboxylic acids is 3. The summed E-state index contributed by atoms with van der Waals surface area (Å²) in [5.41, 5.74) is 0.885. The highest BCUT2D eigenvalue weighted by Crippen LogP contribution is 2.24. The first-order chi connectivity index (χ1) is 14.3. The Hall–Kier alpha value is -3.49. The number of amides is 1. The Bertz CT molecular complexity index is 955. The van der Waals surface area contributed by atoms with Gasteiger partial charge in [-0.05, 0) is 24.1 Å². The quantitative estimate of drug-likeness (QED) is 0.293. The van der Waals surface area contributed by atoms with Crippen LogP contribution >= 0.6 is 0 Å². The molecule has 0 bridgehead atoms. The second kappa shape index (κ2) is 10.3. The Morgan fingerprint density at radius 2 is 1.77 bits per heavy atom. The van der Waals surface area contributed by atoms with E-state index in [1.807, 2.05) is 20.8 Å². The largest absolute Gasteiger partial charge is 0.465 e. The summed E-state index contributed by atoms with van der Waals surface area (Å²) in [5, 5.41) is 6.33. The van der Waals surface area contributed by atoms with Crippen LogP contribution in [-0.2, 0) is 23.9 Å². The van der Waals surface area contributed by atoms with Crippen LogP contribution in [-0.4, -0.2) is 42.0 Å². The number of nitrogens with one attached hydrogen (secondary N) is 2.